The molecule has 1 aliphatic rings. The summed E-state index contributed by atoms with van der Waals surface area (Å²) in [6, 6.07) is 9.99. The number of amides is 2. The number of rotatable bonds is 4. The lowest BCUT2D eigenvalue weighted by Gasteiger charge is -2.26. The van der Waals surface area contributed by atoms with Crippen molar-refractivity contribution in [1.82, 2.24) is 14.7 Å². The van der Waals surface area contributed by atoms with E-state index in [9.17, 15) is 18.4 Å². The van der Waals surface area contributed by atoms with Crippen LogP contribution in [-0.4, -0.2) is 52.8 Å². The molecule has 2 aromatic carbocycles. The smallest absolute Gasteiger partial charge is 0.275 e. The van der Waals surface area contributed by atoms with Crippen LogP contribution in [0.3, 0.4) is 0 Å². The molecule has 2 heterocycles. The average molecular weight is 400 g/mol. The molecule has 29 heavy (non-hydrogen) atoms. The van der Waals surface area contributed by atoms with Crippen molar-refractivity contribution < 1.29 is 23.1 Å². The van der Waals surface area contributed by atoms with Crippen molar-refractivity contribution in [3.05, 3.63) is 59.8 Å². The molecule has 150 valence electrons. The number of ether oxygens (including phenoxy) is 1. The Morgan fingerprint density at radius 1 is 1.10 bits per heavy atom. The second-order valence-electron chi connectivity index (χ2n) is 6.60. The largest absolute Gasteiger partial charge is 0.378 e. The van der Waals surface area contributed by atoms with E-state index in [1.165, 1.54) is 4.68 Å². The fourth-order valence-electron chi connectivity index (χ4n) is 3.24. The van der Waals surface area contributed by atoms with Gasteiger partial charge >= 0.3 is 0 Å². The van der Waals surface area contributed by atoms with Crippen molar-refractivity contribution in [3.63, 3.8) is 0 Å². The summed E-state index contributed by atoms with van der Waals surface area (Å²) in [5, 5.41) is 7.38. The zero-order valence-electron chi connectivity index (χ0n) is 15.4. The highest BCUT2D eigenvalue weighted by Crippen LogP contribution is 2.21. The van der Waals surface area contributed by atoms with Crippen molar-refractivity contribution in [1.29, 1.82) is 0 Å². The van der Waals surface area contributed by atoms with Crippen molar-refractivity contribution in [2.24, 2.45) is 0 Å². The second kappa shape index (κ2) is 7.96. The lowest BCUT2D eigenvalue weighted by Crippen LogP contribution is -2.41. The number of para-hydroxylation sites is 1. The molecule has 1 aliphatic heterocycles. The standard InChI is InChI=1S/C20H18F2N4O3/c21-13-5-6-16(15(22)11-13)23-18(27)12-26-17-4-2-1-3-14(17)19(24-26)20(28)25-7-9-29-10-8-25/h1-6,11H,7-10,12H2,(H,23,27). The predicted octanol–water partition coefficient (Wildman–Crippen LogP) is 2.43. The molecule has 4 rings (SSSR count). The number of halogens is 2. The molecule has 0 atom stereocenters. The first-order valence-electron chi connectivity index (χ1n) is 9.10. The van der Waals surface area contributed by atoms with Gasteiger partial charge in [-0.05, 0) is 18.2 Å². The van der Waals surface area contributed by atoms with Crippen LogP contribution in [0.2, 0.25) is 0 Å². The molecule has 1 N–H and O–H groups in total. The van der Waals surface area contributed by atoms with Gasteiger partial charge in [-0.25, -0.2) is 8.78 Å². The summed E-state index contributed by atoms with van der Waals surface area (Å²) in [6.45, 7) is 1.66. The first-order chi connectivity index (χ1) is 14.0. The SMILES string of the molecule is O=C(Cn1nc(C(=O)N2CCOCC2)c2ccccc21)Nc1ccc(F)cc1F. The third-order valence-electron chi connectivity index (χ3n) is 4.66. The first kappa shape index (κ1) is 19.0. The van der Waals surface area contributed by atoms with Gasteiger partial charge in [0.15, 0.2) is 5.69 Å². The summed E-state index contributed by atoms with van der Waals surface area (Å²) in [4.78, 5) is 27.0. The lowest BCUT2D eigenvalue weighted by atomic mass is 10.2. The van der Waals surface area contributed by atoms with E-state index in [-0.39, 0.29) is 23.8 Å². The van der Waals surface area contributed by atoms with E-state index in [4.69, 9.17) is 4.74 Å². The summed E-state index contributed by atoms with van der Waals surface area (Å²) in [6.07, 6.45) is 0. The molecule has 0 spiro atoms. The summed E-state index contributed by atoms with van der Waals surface area (Å²) >= 11 is 0. The molecule has 9 heteroatoms. The molecule has 0 unspecified atom stereocenters. The second-order valence-corrected chi connectivity index (χ2v) is 6.60. The molecule has 3 aromatic rings. The highest BCUT2D eigenvalue weighted by Gasteiger charge is 2.24. The zero-order valence-corrected chi connectivity index (χ0v) is 15.4. The van der Waals surface area contributed by atoms with E-state index in [0.29, 0.717) is 43.3 Å². The normalized spacial score (nSPS) is 14.2. The Hall–Kier alpha value is -3.33. The fraction of sp³-hybridized carbons (Fsp3) is 0.250. The van der Waals surface area contributed by atoms with Crippen LogP contribution in [0.15, 0.2) is 42.5 Å². The summed E-state index contributed by atoms with van der Waals surface area (Å²) < 4.78 is 33.5. The van der Waals surface area contributed by atoms with Crippen LogP contribution in [0, 0.1) is 11.6 Å². The molecule has 0 bridgehead atoms. The predicted molar refractivity (Wildman–Crippen MR) is 101 cm³/mol. The van der Waals surface area contributed by atoms with Crippen molar-refractivity contribution >= 4 is 28.4 Å². The Labute approximate surface area is 164 Å². The van der Waals surface area contributed by atoms with Gasteiger partial charge in [0.1, 0.15) is 18.2 Å². The quantitative estimate of drug-likeness (QED) is 0.730. The van der Waals surface area contributed by atoms with Crippen LogP contribution in [-0.2, 0) is 16.1 Å². The maximum absolute atomic E-state index is 13.8. The van der Waals surface area contributed by atoms with Crippen molar-refractivity contribution in [2.45, 2.75) is 6.54 Å². The van der Waals surface area contributed by atoms with Gasteiger partial charge in [-0.2, -0.15) is 5.10 Å². The number of carbonyl (C=O) groups excluding carboxylic acids is 2. The van der Waals surface area contributed by atoms with Gasteiger partial charge < -0.3 is 15.0 Å². The van der Waals surface area contributed by atoms with E-state index in [1.807, 2.05) is 0 Å². The molecule has 0 radical (unpaired) electrons. The Morgan fingerprint density at radius 3 is 2.62 bits per heavy atom. The number of aromatic nitrogens is 2. The lowest BCUT2D eigenvalue weighted by molar-refractivity contribution is -0.116. The molecule has 1 aromatic heterocycles. The van der Waals surface area contributed by atoms with Crippen LogP contribution >= 0.6 is 0 Å². The highest BCUT2D eigenvalue weighted by molar-refractivity contribution is 6.05. The minimum Gasteiger partial charge on any atom is -0.378 e. The number of hydrogen-bond acceptors (Lipinski definition) is 4. The van der Waals surface area contributed by atoms with Crippen LogP contribution in [0.4, 0.5) is 14.5 Å². The number of benzene rings is 2. The van der Waals surface area contributed by atoms with Gasteiger partial charge in [0.25, 0.3) is 5.91 Å². The summed E-state index contributed by atoms with van der Waals surface area (Å²) in [5.74, 6) is -2.38. The topological polar surface area (TPSA) is 76.5 Å². The number of hydrogen-bond donors (Lipinski definition) is 1. The zero-order chi connectivity index (χ0) is 20.4. The van der Waals surface area contributed by atoms with E-state index in [1.54, 1.807) is 29.2 Å². The number of morpholine rings is 1. The molecular formula is C20H18F2N4O3. The third kappa shape index (κ3) is 3.95. The maximum atomic E-state index is 13.8. The van der Waals surface area contributed by atoms with Crippen molar-refractivity contribution in [3.8, 4) is 0 Å². The average Bonchev–Trinajstić information content (AvgIpc) is 3.09. The monoisotopic (exact) mass is 400 g/mol. The van der Waals surface area contributed by atoms with Gasteiger partial charge in [-0.1, -0.05) is 18.2 Å². The van der Waals surface area contributed by atoms with E-state index < -0.39 is 17.5 Å². The number of carbonyl (C=O) groups is 2. The molecular weight excluding hydrogens is 382 g/mol. The molecule has 1 fully saturated rings. The van der Waals surface area contributed by atoms with Crippen LogP contribution in [0.25, 0.3) is 10.9 Å². The summed E-state index contributed by atoms with van der Waals surface area (Å²) in [7, 11) is 0. The van der Waals surface area contributed by atoms with E-state index in [2.05, 4.69) is 10.4 Å². The van der Waals surface area contributed by atoms with E-state index in [0.717, 1.165) is 12.1 Å². The maximum Gasteiger partial charge on any atom is 0.275 e. The number of nitrogens with zero attached hydrogens (tertiary/aromatic N) is 3. The Balaban J connectivity index is 1.59. The third-order valence-corrected chi connectivity index (χ3v) is 4.66. The Morgan fingerprint density at radius 2 is 1.86 bits per heavy atom. The highest BCUT2D eigenvalue weighted by atomic mass is 19.1. The van der Waals surface area contributed by atoms with E-state index >= 15 is 0 Å². The molecule has 7 nitrogen and oxygen atoms in total. The van der Waals surface area contributed by atoms with Gasteiger partial charge in [-0.3, -0.25) is 14.3 Å². The summed E-state index contributed by atoms with van der Waals surface area (Å²) in [5.41, 5.74) is 0.736. The first-order valence-corrected chi connectivity index (χ1v) is 9.10. The molecule has 0 aliphatic carbocycles. The number of nitrogens with one attached hydrogen (secondary N) is 1. The Kier molecular flexibility index (Phi) is 5.22. The van der Waals surface area contributed by atoms with Crippen LogP contribution in [0.1, 0.15) is 10.5 Å². The number of anilines is 1. The minimum atomic E-state index is -0.869. The number of fused-ring (bicyclic) bond motifs is 1. The van der Waals surface area contributed by atoms with Gasteiger partial charge in [0.2, 0.25) is 5.91 Å². The molecule has 0 saturated carbocycles. The molecule has 2 amide bonds. The van der Waals surface area contributed by atoms with Gasteiger partial charge in [0, 0.05) is 24.5 Å². The van der Waals surface area contributed by atoms with Gasteiger partial charge in [-0.15, -0.1) is 0 Å². The van der Waals surface area contributed by atoms with Crippen LogP contribution < -0.4 is 5.32 Å². The van der Waals surface area contributed by atoms with Crippen molar-refractivity contribution in [2.75, 3.05) is 31.6 Å². The fourth-order valence-corrected chi connectivity index (χ4v) is 3.24. The Bertz CT molecular complexity index is 1080. The van der Waals surface area contributed by atoms with Crippen LogP contribution in [0.5, 0.6) is 0 Å². The van der Waals surface area contributed by atoms with Gasteiger partial charge in [0.05, 0.1) is 24.4 Å². The minimum absolute atomic E-state index is 0.127. The molecule has 1 saturated heterocycles.